The van der Waals surface area contributed by atoms with E-state index in [1.807, 2.05) is 30.3 Å². The maximum Gasteiger partial charge on any atom is 0.347 e. The Hall–Kier alpha value is -3.08. The summed E-state index contributed by atoms with van der Waals surface area (Å²) in [6, 6.07) is 15.8. The quantitative estimate of drug-likeness (QED) is 0.662. The van der Waals surface area contributed by atoms with Gasteiger partial charge in [-0.2, -0.15) is 0 Å². The highest BCUT2D eigenvalue weighted by atomic mass is 16.6. The molecule has 0 unspecified atom stereocenters. The number of carbonyl (C=O) groups is 1. The first-order chi connectivity index (χ1) is 12.1. The molecule has 3 aromatic rings. The zero-order valence-electron chi connectivity index (χ0n) is 14.0. The Morgan fingerprint density at radius 3 is 2.60 bits per heavy atom. The van der Waals surface area contributed by atoms with Crippen molar-refractivity contribution in [1.29, 1.82) is 0 Å². The molecule has 0 aliphatic heterocycles. The Kier molecular flexibility index (Phi) is 4.84. The van der Waals surface area contributed by atoms with Crippen LogP contribution >= 0.6 is 0 Å². The molecule has 0 aliphatic rings. The first-order valence-electron chi connectivity index (χ1n) is 8.05. The van der Waals surface area contributed by atoms with Gasteiger partial charge in [0.1, 0.15) is 17.1 Å². The van der Waals surface area contributed by atoms with E-state index in [2.05, 4.69) is 0 Å². The molecule has 0 amide bonds. The molecule has 5 heteroatoms. The standard InChI is InChI=1S/C20H18O5/c1-3-23-20(22)13(2)24-15-9-10-18-16(11-15)17(21)12-19(25-18)14-7-5-4-6-8-14/h4-13H,3H2,1-2H3/t13-/m1/s1. The normalized spacial score (nSPS) is 11.9. The SMILES string of the molecule is CCOC(=O)[C@@H](C)Oc1ccc2oc(-c3ccccc3)cc(=O)c2c1. The summed E-state index contributed by atoms with van der Waals surface area (Å²) in [5, 5.41) is 0.397. The Morgan fingerprint density at radius 2 is 1.88 bits per heavy atom. The average molecular weight is 338 g/mol. The lowest BCUT2D eigenvalue weighted by Crippen LogP contribution is -2.26. The minimum Gasteiger partial charge on any atom is -0.479 e. The fraction of sp³-hybridized carbons (Fsp3) is 0.200. The average Bonchev–Trinajstić information content (AvgIpc) is 2.63. The van der Waals surface area contributed by atoms with E-state index in [0.717, 1.165) is 5.56 Å². The van der Waals surface area contributed by atoms with Gasteiger partial charge in [-0.15, -0.1) is 0 Å². The fourth-order valence-electron chi connectivity index (χ4n) is 2.47. The minimum absolute atomic E-state index is 0.172. The van der Waals surface area contributed by atoms with Crippen molar-refractivity contribution in [1.82, 2.24) is 0 Å². The number of esters is 1. The third-order valence-corrected chi connectivity index (χ3v) is 3.69. The van der Waals surface area contributed by atoms with Gasteiger partial charge in [0.25, 0.3) is 0 Å². The van der Waals surface area contributed by atoms with Gasteiger partial charge in [0, 0.05) is 11.6 Å². The number of rotatable bonds is 5. The molecular weight excluding hydrogens is 320 g/mol. The van der Waals surface area contributed by atoms with E-state index in [4.69, 9.17) is 13.9 Å². The molecule has 0 saturated carbocycles. The van der Waals surface area contributed by atoms with Gasteiger partial charge in [-0.05, 0) is 32.0 Å². The van der Waals surface area contributed by atoms with Crippen LogP contribution < -0.4 is 10.2 Å². The van der Waals surface area contributed by atoms with Crippen molar-refractivity contribution in [2.24, 2.45) is 0 Å². The van der Waals surface area contributed by atoms with Crippen LogP contribution in [0, 0.1) is 0 Å². The molecule has 0 bridgehead atoms. The van der Waals surface area contributed by atoms with Gasteiger partial charge in [-0.1, -0.05) is 30.3 Å². The smallest absolute Gasteiger partial charge is 0.347 e. The third-order valence-electron chi connectivity index (χ3n) is 3.69. The Bertz CT molecular complexity index is 943. The van der Waals surface area contributed by atoms with E-state index in [0.29, 0.717) is 22.5 Å². The van der Waals surface area contributed by atoms with Crippen LogP contribution in [0.2, 0.25) is 0 Å². The molecule has 3 rings (SSSR count). The molecule has 1 heterocycles. The van der Waals surface area contributed by atoms with Gasteiger partial charge >= 0.3 is 5.97 Å². The molecule has 0 aliphatic carbocycles. The molecule has 0 fully saturated rings. The summed E-state index contributed by atoms with van der Waals surface area (Å²) in [5.74, 6) is 0.466. The number of benzene rings is 2. The highest BCUT2D eigenvalue weighted by Crippen LogP contribution is 2.25. The van der Waals surface area contributed by atoms with Gasteiger partial charge in [-0.3, -0.25) is 4.79 Å². The zero-order valence-corrected chi connectivity index (χ0v) is 14.0. The molecule has 1 aromatic heterocycles. The van der Waals surface area contributed by atoms with E-state index in [9.17, 15) is 9.59 Å². The lowest BCUT2D eigenvalue weighted by molar-refractivity contribution is -0.150. The van der Waals surface area contributed by atoms with Crippen LogP contribution in [0.5, 0.6) is 5.75 Å². The lowest BCUT2D eigenvalue weighted by Gasteiger charge is -2.13. The summed E-state index contributed by atoms with van der Waals surface area (Å²) < 4.78 is 16.3. The van der Waals surface area contributed by atoms with Crippen molar-refractivity contribution in [2.75, 3.05) is 6.61 Å². The Morgan fingerprint density at radius 1 is 1.12 bits per heavy atom. The van der Waals surface area contributed by atoms with Crippen molar-refractivity contribution in [3.8, 4) is 17.1 Å². The van der Waals surface area contributed by atoms with Gasteiger partial charge in [0.05, 0.1) is 12.0 Å². The molecular formula is C20H18O5. The predicted molar refractivity (Wildman–Crippen MR) is 94.6 cm³/mol. The lowest BCUT2D eigenvalue weighted by atomic mass is 10.1. The monoisotopic (exact) mass is 338 g/mol. The predicted octanol–water partition coefficient (Wildman–Crippen LogP) is 3.79. The van der Waals surface area contributed by atoms with Crippen LogP contribution in [-0.4, -0.2) is 18.7 Å². The van der Waals surface area contributed by atoms with E-state index < -0.39 is 12.1 Å². The summed E-state index contributed by atoms with van der Waals surface area (Å²) in [5.41, 5.74) is 1.12. The molecule has 0 saturated heterocycles. The third kappa shape index (κ3) is 3.71. The summed E-state index contributed by atoms with van der Waals surface area (Å²) in [7, 11) is 0. The molecule has 25 heavy (non-hydrogen) atoms. The Labute approximate surface area is 144 Å². The summed E-state index contributed by atoms with van der Waals surface area (Å²) in [6.45, 7) is 3.62. The maximum absolute atomic E-state index is 12.4. The van der Waals surface area contributed by atoms with Crippen molar-refractivity contribution >= 4 is 16.9 Å². The van der Waals surface area contributed by atoms with Crippen LogP contribution in [-0.2, 0) is 9.53 Å². The van der Waals surface area contributed by atoms with Gasteiger partial charge < -0.3 is 13.9 Å². The second-order valence-electron chi connectivity index (χ2n) is 5.51. The second kappa shape index (κ2) is 7.21. The number of ether oxygens (including phenoxy) is 2. The molecule has 2 aromatic carbocycles. The first kappa shape index (κ1) is 16.8. The molecule has 0 N–H and O–H groups in total. The highest BCUT2D eigenvalue weighted by molar-refractivity contribution is 5.80. The van der Waals surface area contributed by atoms with Crippen molar-refractivity contribution in [3.63, 3.8) is 0 Å². The van der Waals surface area contributed by atoms with Crippen molar-refractivity contribution < 1.29 is 18.7 Å². The number of hydrogen-bond donors (Lipinski definition) is 0. The van der Waals surface area contributed by atoms with Crippen molar-refractivity contribution in [2.45, 2.75) is 20.0 Å². The van der Waals surface area contributed by atoms with E-state index in [1.54, 1.807) is 32.0 Å². The maximum atomic E-state index is 12.4. The van der Waals surface area contributed by atoms with Gasteiger partial charge in [0.15, 0.2) is 11.5 Å². The van der Waals surface area contributed by atoms with Crippen LogP contribution in [0.4, 0.5) is 0 Å². The topological polar surface area (TPSA) is 65.7 Å². The minimum atomic E-state index is -0.756. The van der Waals surface area contributed by atoms with Crippen LogP contribution in [0.3, 0.4) is 0 Å². The van der Waals surface area contributed by atoms with E-state index in [-0.39, 0.29) is 12.0 Å². The fourth-order valence-corrected chi connectivity index (χ4v) is 2.47. The molecule has 5 nitrogen and oxygen atoms in total. The molecule has 0 radical (unpaired) electrons. The first-order valence-corrected chi connectivity index (χ1v) is 8.05. The second-order valence-corrected chi connectivity index (χ2v) is 5.51. The molecule has 128 valence electrons. The van der Waals surface area contributed by atoms with Crippen LogP contribution in [0.1, 0.15) is 13.8 Å². The largest absolute Gasteiger partial charge is 0.479 e. The van der Waals surface area contributed by atoms with E-state index in [1.165, 1.54) is 6.07 Å². The summed E-state index contributed by atoms with van der Waals surface area (Å²) >= 11 is 0. The van der Waals surface area contributed by atoms with Crippen LogP contribution in [0.15, 0.2) is 63.8 Å². The number of carbonyl (C=O) groups excluding carboxylic acids is 1. The molecule has 1 atom stereocenters. The van der Waals surface area contributed by atoms with E-state index >= 15 is 0 Å². The van der Waals surface area contributed by atoms with Gasteiger partial charge in [0.2, 0.25) is 0 Å². The molecule has 0 spiro atoms. The number of fused-ring (bicyclic) bond motifs is 1. The zero-order chi connectivity index (χ0) is 17.8. The highest BCUT2D eigenvalue weighted by Gasteiger charge is 2.16. The Balaban J connectivity index is 1.93. The van der Waals surface area contributed by atoms with Crippen molar-refractivity contribution in [3.05, 3.63) is 64.8 Å². The number of hydrogen-bond acceptors (Lipinski definition) is 5. The summed E-state index contributed by atoms with van der Waals surface area (Å²) in [4.78, 5) is 24.1. The van der Waals surface area contributed by atoms with Crippen LogP contribution in [0.25, 0.3) is 22.3 Å². The van der Waals surface area contributed by atoms with Gasteiger partial charge in [-0.25, -0.2) is 4.79 Å². The summed E-state index contributed by atoms with van der Waals surface area (Å²) in [6.07, 6.45) is -0.756.